The molecule has 59 heavy (non-hydrogen) atoms. The zero-order valence-electron chi connectivity index (χ0n) is 31.2. The largest absolute Gasteiger partial charge is 2.00 e. The van der Waals surface area contributed by atoms with Crippen LogP contribution in [0.1, 0.15) is 0 Å². The molecule has 1 aliphatic rings. The van der Waals surface area contributed by atoms with Gasteiger partial charge in [-0.15, -0.1) is 0 Å². The minimum atomic E-state index is -3.87. The topological polar surface area (TPSA) is 231 Å². The SMILES string of the molecule is [O-]B([O-])[O-].[O-]B([O-])[O-].[Zn+2].[Zn+2].[Zn+2].c1ccc(OP2(Oc3ccccc3)=NP(Oc3ccccc3)(Oc3ccccc3)=NP(Oc3ccccc3)(Oc3ccccc3)=N2)cc1. The summed E-state index contributed by atoms with van der Waals surface area (Å²) in [4.78, 5) is 0. The van der Waals surface area contributed by atoms with E-state index in [1.807, 2.05) is 109 Å². The molecule has 1 aliphatic heterocycles. The molecule has 6 aromatic rings. The van der Waals surface area contributed by atoms with Gasteiger partial charge in [-0.05, 0) is 72.8 Å². The average molecular weight is 1010 g/mol. The summed E-state index contributed by atoms with van der Waals surface area (Å²) < 4.78 is 56.0. The number of para-hydroxylation sites is 6. The quantitative estimate of drug-likeness (QED) is 0.123. The molecule has 1 heterocycles. The molecule has 0 radical (unpaired) electrons. The Kier molecular flexibility index (Phi) is 22.8. The van der Waals surface area contributed by atoms with Crippen molar-refractivity contribution in [1.82, 2.24) is 0 Å². The molecular formula is C36H30B2N3O12P3Zn3. The first-order valence-electron chi connectivity index (χ1n) is 16.4. The van der Waals surface area contributed by atoms with E-state index in [1.54, 1.807) is 72.8 Å². The van der Waals surface area contributed by atoms with Crippen molar-refractivity contribution < 1.29 is 116 Å². The molecule has 0 atom stereocenters. The summed E-state index contributed by atoms with van der Waals surface area (Å²) in [7, 11) is -17.4. The molecule has 0 saturated heterocycles. The summed E-state index contributed by atoms with van der Waals surface area (Å²) >= 11 is 0. The van der Waals surface area contributed by atoms with E-state index >= 15 is 0 Å². The normalized spacial score (nSPS) is 13.3. The summed E-state index contributed by atoms with van der Waals surface area (Å²) in [5, 5.41) is 50.5. The van der Waals surface area contributed by atoms with Gasteiger partial charge in [0.1, 0.15) is 34.5 Å². The average Bonchev–Trinajstić information content (AvgIpc) is 3.16. The van der Waals surface area contributed by atoms with Crippen molar-refractivity contribution >= 4 is 37.6 Å². The smallest absolute Gasteiger partial charge is 0.907 e. The van der Waals surface area contributed by atoms with Crippen LogP contribution < -0.4 is 57.3 Å². The van der Waals surface area contributed by atoms with E-state index in [9.17, 15) is 0 Å². The molecule has 0 unspecified atom stereocenters. The van der Waals surface area contributed by atoms with E-state index < -0.39 is 37.6 Å². The van der Waals surface area contributed by atoms with Crippen LogP contribution in [0.5, 0.6) is 34.5 Å². The van der Waals surface area contributed by atoms with Crippen LogP contribution in [0.4, 0.5) is 0 Å². The Labute approximate surface area is 380 Å². The Morgan fingerprint density at radius 1 is 0.271 bits per heavy atom. The molecule has 0 bridgehead atoms. The molecule has 23 heteroatoms. The van der Waals surface area contributed by atoms with Gasteiger partial charge in [0.05, 0.1) is 0 Å². The molecular weight excluding hydrogens is 977 g/mol. The number of benzene rings is 6. The van der Waals surface area contributed by atoms with Gasteiger partial charge in [-0.25, -0.2) is 0 Å². The van der Waals surface area contributed by atoms with Crippen LogP contribution in [0.15, 0.2) is 196 Å². The monoisotopic (exact) mass is 1000 g/mol. The predicted molar refractivity (Wildman–Crippen MR) is 202 cm³/mol. The van der Waals surface area contributed by atoms with Crippen LogP contribution in [0.25, 0.3) is 0 Å². The first-order valence-corrected chi connectivity index (χ1v) is 21.0. The molecule has 15 nitrogen and oxygen atoms in total. The molecule has 0 spiro atoms. The van der Waals surface area contributed by atoms with Gasteiger partial charge in [0.15, 0.2) is 0 Å². The van der Waals surface area contributed by atoms with Gasteiger partial charge in [-0.1, -0.05) is 123 Å². The molecule has 0 aromatic heterocycles. The van der Waals surface area contributed by atoms with Crippen LogP contribution in [0.3, 0.4) is 0 Å². The molecule has 0 saturated carbocycles. The van der Waals surface area contributed by atoms with Crippen molar-refractivity contribution in [2.75, 3.05) is 0 Å². The molecule has 0 N–H and O–H groups in total. The fourth-order valence-corrected chi connectivity index (χ4v) is 13.5. The second-order valence-corrected chi connectivity index (χ2v) is 16.9. The minimum Gasteiger partial charge on any atom is -0.907 e. The second-order valence-electron chi connectivity index (χ2n) is 10.7. The van der Waals surface area contributed by atoms with Crippen molar-refractivity contribution in [3.63, 3.8) is 0 Å². The Morgan fingerprint density at radius 3 is 0.508 bits per heavy atom. The van der Waals surface area contributed by atoms with Gasteiger partial charge in [0.2, 0.25) is 0 Å². The van der Waals surface area contributed by atoms with Crippen LogP contribution in [0.2, 0.25) is 0 Å². The third-order valence-corrected chi connectivity index (χ3v) is 14.6. The number of rotatable bonds is 12. The maximum absolute atomic E-state index is 8.42. The standard InChI is InChI=1S/C36H30N3O6P3.2BO3.3Zn/c1-7-19-31(20-8-1)40-46(41-32-21-9-2-10-22-32)37-47(42-33-23-11-3-12-24-33,43-34-25-13-4-14-26-34)39-48(38-46,44-35-27-15-5-16-28-35)45-36-29-17-6-18-30-36;2*2-1(3)4;;;/h1-30H;;;;;/q;2*-3;3*+2. The van der Waals surface area contributed by atoms with Crippen molar-refractivity contribution in [3.05, 3.63) is 182 Å². The summed E-state index contributed by atoms with van der Waals surface area (Å²) in [5.41, 5.74) is 0. The Balaban J connectivity index is 0.00000100. The molecule has 288 valence electrons. The third kappa shape index (κ3) is 17.6. The van der Waals surface area contributed by atoms with Gasteiger partial charge in [-0.2, -0.15) is 0 Å². The fourth-order valence-electron chi connectivity index (χ4n) is 4.47. The second kappa shape index (κ2) is 26.0. The number of hydrogen-bond acceptors (Lipinski definition) is 15. The van der Waals surface area contributed by atoms with Gasteiger partial charge in [0, 0.05) is 0 Å². The van der Waals surface area contributed by atoms with Crippen LogP contribution in [0, 0.1) is 0 Å². The zero-order chi connectivity index (χ0) is 39.7. The van der Waals surface area contributed by atoms with Crippen molar-refractivity contribution in [2.24, 2.45) is 13.5 Å². The van der Waals surface area contributed by atoms with E-state index in [4.69, 9.17) is 70.8 Å². The Morgan fingerprint density at radius 2 is 0.390 bits per heavy atom. The van der Waals surface area contributed by atoms with Gasteiger partial charge in [-0.3, -0.25) is 14.6 Å². The molecule has 7 rings (SSSR count). The molecule has 6 aromatic carbocycles. The maximum Gasteiger partial charge on any atom is 2.00 e. The summed E-state index contributed by atoms with van der Waals surface area (Å²) in [6.07, 6.45) is 0. The molecule has 0 amide bonds. The zero-order valence-corrected chi connectivity index (χ0v) is 42.8. The van der Waals surface area contributed by atoms with E-state index in [0.29, 0.717) is 34.5 Å². The first-order chi connectivity index (χ1) is 27.1. The fraction of sp³-hybridized carbons (Fsp3) is 0. The minimum absolute atomic E-state index is 0. The summed E-state index contributed by atoms with van der Waals surface area (Å²) in [5.74, 6) is 2.78. The van der Waals surface area contributed by atoms with E-state index in [-0.39, 0.29) is 58.4 Å². The number of nitrogens with zero attached hydrogens (tertiary/aromatic N) is 3. The molecule has 0 fully saturated rings. The van der Waals surface area contributed by atoms with Gasteiger partial charge in [0.25, 0.3) is 0 Å². The molecule has 0 aliphatic carbocycles. The first kappa shape index (κ1) is 51.7. The summed E-state index contributed by atoms with van der Waals surface area (Å²) in [6.45, 7) is 0. The van der Waals surface area contributed by atoms with E-state index in [2.05, 4.69) is 0 Å². The maximum atomic E-state index is 8.42. The van der Waals surface area contributed by atoms with E-state index in [0.717, 1.165) is 0 Å². The van der Waals surface area contributed by atoms with Crippen molar-refractivity contribution in [2.45, 2.75) is 0 Å². The van der Waals surface area contributed by atoms with Gasteiger partial charge < -0.3 is 57.3 Å². The Bertz CT molecular complexity index is 1840. The Hall–Kier alpha value is -3.43. The summed E-state index contributed by atoms with van der Waals surface area (Å²) in [6, 6.07) is 55.3. The third-order valence-electron chi connectivity index (χ3n) is 6.48. The van der Waals surface area contributed by atoms with Crippen molar-refractivity contribution in [3.8, 4) is 34.5 Å². The van der Waals surface area contributed by atoms with Crippen LogP contribution >= 0.6 is 23.0 Å². The number of hydrogen-bond donors (Lipinski definition) is 0. The van der Waals surface area contributed by atoms with Crippen LogP contribution in [-0.2, 0) is 58.4 Å². The predicted octanol–water partition coefficient (Wildman–Crippen LogP) is 4.41. The van der Waals surface area contributed by atoms with Gasteiger partial charge >= 0.3 is 81.4 Å². The van der Waals surface area contributed by atoms with E-state index in [1.165, 1.54) is 0 Å². The van der Waals surface area contributed by atoms with Crippen LogP contribution in [-0.4, -0.2) is 14.6 Å². The van der Waals surface area contributed by atoms with Crippen molar-refractivity contribution in [1.29, 1.82) is 0 Å².